The Balaban J connectivity index is 1.83. The van der Waals surface area contributed by atoms with Crippen LogP contribution in [0.15, 0.2) is 54.6 Å². The average Bonchev–Trinajstić information content (AvgIpc) is 2.68. The van der Waals surface area contributed by atoms with E-state index in [-0.39, 0.29) is 5.69 Å². The zero-order chi connectivity index (χ0) is 19.2. The zero-order valence-corrected chi connectivity index (χ0v) is 14.4. The summed E-state index contributed by atoms with van der Waals surface area (Å²) in [7, 11) is 0. The number of hydrogen-bond acceptors (Lipinski definition) is 6. The zero-order valence-electron chi connectivity index (χ0n) is 14.4. The molecule has 0 atom stereocenters. The summed E-state index contributed by atoms with van der Waals surface area (Å²) in [6.45, 7) is 1.68. The van der Waals surface area contributed by atoms with Crippen molar-refractivity contribution in [2.75, 3.05) is 10.6 Å². The SMILES string of the molecule is Cc1nc(Nc2ccc(C#N)cc2)cc(C(=O)Nc2ccccc2C#N)n1. The van der Waals surface area contributed by atoms with Crippen molar-refractivity contribution in [1.82, 2.24) is 9.97 Å². The molecule has 0 aliphatic heterocycles. The van der Waals surface area contributed by atoms with Crippen molar-refractivity contribution in [2.45, 2.75) is 6.92 Å². The third kappa shape index (κ3) is 4.25. The van der Waals surface area contributed by atoms with E-state index in [1.165, 1.54) is 6.07 Å². The molecule has 130 valence electrons. The fourth-order valence-electron chi connectivity index (χ4n) is 2.40. The molecule has 0 bridgehead atoms. The number of para-hydroxylation sites is 1. The molecule has 0 saturated carbocycles. The highest BCUT2D eigenvalue weighted by Crippen LogP contribution is 2.18. The van der Waals surface area contributed by atoms with Gasteiger partial charge in [-0.3, -0.25) is 4.79 Å². The number of amides is 1. The van der Waals surface area contributed by atoms with Crippen molar-refractivity contribution in [2.24, 2.45) is 0 Å². The van der Waals surface area contributed by atoms with Gasteiger partial charge in [-0.2, -0.15) is 10.5 Å². The Morgan fingerprint density at radius 3 is 2.44 bits per heavy atom. The van der Waals surface area contributed by atoms with E-state index in [1.807, 2.05) is 6.07 Å². The molecule has 0 fully saturated rings. The van der Waals surface area contributed by atoms with Crippen LogP contribution in [0.5, 0.6) is 0 Å². The van der Waals surface area contributed by atoms with Crippen molar-refractivity contribution in [1.29, 1.82) is 10.5 Å². The van der Waals surface area contributed by atoms with Gasteiger partial charge in [0.15, 0.2) is 0 Å². The van der Waals surface area contributed by atoms with E-state index in [1.54, 1.807) is 55.5 Å². The van der Waals surface area contributed by atoms with Gasteiger partial charge in [-0.15, -0.1) is 0 Å². The molecule has 0 saturated heterocycles. The van der Waals surface area contributed by atoms with Gasteiger partial charge in [0.2, 0.25) is 0 Å². The van der Waals surface area contributed by atoms with Crippen LogP contribution in [-0.4, -0.2) is 15.9 Å². The summed E-state index contributed by atoms with van der Waals surface area (Å²) in [5.74, 6) is 0.435. The first-order valence-electron chi connectivity index (χ1n) is 8.02. The van der Waals surface area contributed by atoms with Crippen LogP contribution in [0.1, 0.15) is 27.4 Å². The highest BCUT2D eigenvalue weighted by molar-refractivity contribution is 6.04. The maximum atomic E-state index is 12.5. The van der Waals surface area contributed by atoms with E-state index in [0.29, 0.717) is 28.5 Å². The molecule has 0 unspecified atom stereocenters. The van der Waals surface area contributed by atoms with E-state index in [0.717, 1.165) is 5.69 Å². The molecular formula is C20H14N6O. The van der Waals surface area contributed by atoms with Gasteiger partial charge >= 0.3 is 0 Å². The Morgan fingerprint density at radius 1 is 1.00 bits per heavy atom. The minimum absolute atomic E-state index is 0.173. The lowest BCUT2D eigenvalue weighted by atomic mass is 10.2. The molecule has 3 aromatic rings. The number of carbonyl (C=O) groups is 1. The molecule has 0 spiro atoms. The number of nitrogens with one attached hydrogen (secondary N) is 2. The third-order valence-electron chi connectivity index (χ3n) is 3.65. The number of anilines is 3. The van der Waals surface area contributed by atoms with E-state index >= 15 is 0 Å². The van der Waals surface area contributed by atoms with Gasteiger partial charge in [0.05, 0.1) is 22.9 Å². The number of hydrogen-bond donors (Lipinski definition) is 2. The van der Waals surface area contributed by atoms with Crippen molar-refractivity contribution < 1.29 is 4.79 Å². The molecule has 1 heterocycles. The van der Waals surface area contributed by atoms with Crippen LogP contribution in [0.2, 0.25) is 0 Å². The Morgan fingerprint density at radius 2 is 1.74 bits per heavy atom. The van der Waals surface area contributed by atoms with Crippen LogP contribution in [-0.2, 0) is 0 Å². The maximum Gasteiger partial charge on any atom is 0.274 e. The molecule has 0 aliphatic carbocycles. The van der Waals surface area contributed by atoms with Gasteiger partial charge in [0.25, 0.3) is 5.91 Å². The lowest BCUT2D eigenvalue weighted by molar-refractivity contribution is 0.102. The Labute approximate surface area is 155 Å². The van der Waals surface area contributed by atoms with Gasteiger partial charge in [0.1, 0.15) is 23.4 Å². The molecular weight excluding hydrogens is 340 g/mol. The van der Waals surface area contributed by atoms with E-state index in [2.05, 4.69) is 26.7 Å². The Hall–Kier alpha value is -4.23. The van der Waals surface area contributed by atoms with Gasteiger partial charge in [-0.05, 0) is 43.3 Å². The van der Waals surface area contributed by atoms with Gasteiger partial charge in [-0.1, -0.05) is 12.1 Å². The fraction of sp³-hybridized carbons (Fsp3) is 0.0500. The summed E-state index contributed by atoms with van der Waals surface area (Å²) in [5, 5.41) is 23.8. The molecule has 7 nitrogen and oxygen atoms in total. The molecule has 3 rings (SSSR count). The predicted octanol–water partition coefficient (Wildman–Crippen LogP) is 3.52. The van der Waals surface area contributed by atoms with Gasteiger partial charge in [0, 0.05) is 11.8 Å². The number of rotatable bonds is 4. The van der Waals surface area contributed by atoms with Crippen molar-refractivity contribution in [3.63, 3.8) is 0 Å². The Bertz CT molecular complexity index is 1080. The third-order valence-corrected chi connectivity index (χ3v) is 3.65. The number of nitrogens with zero attached hydrogens (tertiary/aromatic N) is 4. The maximum absolute atomic E-state index is 12.5. The van der Waals surface area contributed by atoms with E-state index in [9.17, 15) is 4.79 Å². The van der Waals surface area contributed by atoms with Gasteiger partial charge in [-0.25, -0.2) is 9.97 Å². The quantitative estimate of drug-likeness (QED) is 0.741. The first-order valence-corrected chi connectivity index (χ1v) is 8.02. The second-order valence-electron chi connectivity index (χ2n) is 5.61. The standard InChI is InChI=1S/C20H14N6O/c1-13-23-18(20(27)26-17-5-3-2-4-15(17)12-22)10-19(24-13)25-16-8-6-14(11-21)7-9-16/h2-10H,1H3,(H,26,27)(H,23,24,25). The fourth-order valence-corrected chi connectivity index (χ4v) is 2.40. The van der Waals surface area contributed by atoms with E-state index in [4.69, 9.17) is 10.5 Å². The molecule has 7 heteroatoms. The van der Waals surface area contributed by atoms with Crippen LogP contribution in [0.25, 0.3) is 0 Å². The number of nitriles is 2. The number of aromatic nitrogens is 2. The lowest BCUT2D eigenvalue weighted by Crippen LogP contribution is -2.16. The van der Waals surface area contributed by atoms with Crippen LogP contribution in [0.4, 0.5) is 17.2 Å². The average molecular weight is 354 g/mol. The number of benzene rings is 2. The molecule has 1 amide bonds. The molecule has 1 aromatic heterocycles. The first-order chi connectivity index (χ1) is 13.1. The van der Waals surface area contributed by atoms with Crippen LogP contribution >= 0.6 is 0 Å². The highest BCUT2D eigenvalue weighted by atomic mass is 16.1. The monoisotopic (exact) mass is 354 g/mol. The van der Waals surface area contributed by atoms with Crippen LogP contribution in [0, 0.1) is 29.6 Å². The predicted molar refractivity (Wildman–Crippen MR) is 100 cm³/mol. The Kier molecular flexibility index (Phi) is 5.06. The highest BCUT2D eigenvalue weighted by Gasteiger charge is 2.13. The summed E-state index contributed by atoms with van der Waals surface area (Å²) >= 11 is 0. The molecule has 2 N–H and O–H groups in total. The topological polar surface area (TPSA) is 114 Å². The molecule has 27 heavy (non-hydrogen) atoms. The summed E-state index contributed by atoms with van der Waals surface area (Å²) in [5.41, 5.74) is 2.24. The summed E-state index contributed by atoms with van der Waals surface area (Å²) in [6, 6.07) is 19.2. The van der Waals surface area contributed by atoms with Crippen molar-refractivity contribution >= 4 is 23.1 Å². The van der Waals surface area contributed by atoms with Crippen LogP contribution in [0.3, 0.4) is 0 Å². The second-order valence-corrected chi connectivity index (χ2v) is 5.61. The summed E-state index contributed by atoms with van der Waals surface area (Å²) in [6.07, 6.45) is 0. The molecule has 0 aliphatic rings. The second kappa shape index (κ2) is 7.77. The minimum Gasteiger partial charge on any atom is -0.340 e. The van der Waals surface area contributed by atoms with E-state index < -0.39 is 5.91 Å². The summed E-state index contributed by atoms with van der Waals surface area (Å²) in [4.78, 5) is 21.0. The first kappa shape index (κ1) is 17.6. The van der Waals surface area contributed by atoms with Gasteiger partial charge < -0.3 is 10.6 Å². The smallest absolute Gasteiger partial charge is 0.274 e. The molecule has 0 radical (unpaired) electrons. The summed E-state index contributed by atoms with van der Waals surface area (Å²) < 4.78 is 0. The largest absolute Gasteiger partial charge is 0.340 e. The lowest BCUT2D eigenvalue weighted by Gasteiger charge is -2.10. The molecule has 2 aromatic carbocycles. The van der Waals surface area contributed by atoms with Crippen LogP contribution < -0.4 is 10.6 Å². The normalized spacial score (nSPS) is 9.74. The number of aryl methyl sites for hydroxylation is 1. The number of carbonyl (C=O) groups excluding carboxylic acids is 1. The van der Waals surface area contributed by atoms with Crippen molar-refractivity contribution in [3.05, 3.63) is 77.2 Å². The minimum atomic E-state index is -0.439. The van der Waals surface area contributed by atoms with Crippen molar-refractivity contribution in [3.8, 4) is 12.1 Å².